The summed E-state index contributed by atoms with van der Waals surface area (Å²) in [5, 5.41) is 0. The van der Waals surface area contributed by atoms with E-state index in [2.05, 4.69) is 27.7 Å². The van der Waals surface area contributed by atoms with Crippen LogP contribution < -0.4 is 0 Å². The van der Waals surface area contributed by atoms with E-state index in [1.807, 2.05) is 0 Å². The van der Waals surface area contributed by atoms with Gasteiger partial charge in [0.15, 0.2) is 0 Å². The predicted octanol–water partition coefficient (Wildman–Crippen LogP) is 3.34. The summed E-state index contributed by atoms with van der Waals surface area (Å²) in [5.74, 6) is -0.129. The number of ether oxygens (including phenoxy) is 2. The molecular weight excluding hydrogens is 244 g/mol. The van der Waals surface area contributed by atoms with Crippen molar-refractivity contribution in [3.8, 4) is 0 Å². The monoisotopic (exact) mass is 272 g/mol. The lowest BCUT2D eigenvalue weighted by Gasteiger charge is -2.22. The summed E-state index contributed by atoms with van der Waals surface area (Å²) >= 11 is 0. The zero-order chi connectivity index (χ0) is 14.9. The highest BCUT2D eigenvalue weighted by atomic mass is 16.5. The van der Waals surface area contributed by atoms with Gasteiger partial charge in [-0.05, 0) is 31.1 Å². The van der Waals surface area contributed by atoms with E-state index in [-0.39, 0.29) is 30.2 Å². The molecule has 0 aliphatic heterocycles. The van der Waals surface area contributed by atoms with Crippen molar-refractivity contribution in [1.29, 1.82) is 0 Å². The zero-order valence-electron chi connectivity index (χ0n) is 13.0. The molecule has 0 fully saturated rings. The molecule has 0 aromatic rings. The smallest absolute Gasteiger partial charge is 0.305 e. The van der Waals surface area contributed by atoms with Crippen LogP contribution in [-0.2, 0) is 19.1 Å². The normalized spacial score (nSPS) is 12.9. The molecule has 4 nitrogen and oxygen atoms in total. The van der Waals surface area contributed by atoms with Crippen LogP contribution in [0.25, 0.3) is 0 Å². The van der Waals surface area contributed by atoms with Crippen molar-refractivity contribution < 1.29 is 19.1 Å². The lowest BCUT2D eigenvalue weighted by atomic mass is 9.86. The minimum absolute atomic E-state index is 0.231. The lowest BCUT2D eigenvalue weighted by Crippen LogP contribution is -2.17. The van der Waals surface area contributed by atoms with Crippen LogP contribution in [0.1, 0.15) is 60.3 Å². The summed E-state index contributed by atoms with van der Waals surface area (Å²) in [6.45, 7) is 11.2. The van der Waals surface area contributed by atoms with Gasteiger partial charge >= 0.3 is 11.9 Å². The van der Waals surface area contributed by atoms with E-state index in [9.17, 15) is 9.59 Å². The molecule has 1 unspecified atom stereocenters. The molecule has 0 spiro atoms. The summed E-state index contributed by atoms with van der Waals surface area (Å²) in [7, 11) is 0. The number of esters is 2. The third-order valence-electron chi connectivity index (χ3n) is 2.56. The zero-order valence-corrected chi connectivity index (χ0v) is 13.0. The van der Waals surface area contributed by atoms with Crippen LogP contribution in [0.2, 0.25) is 0 Å². The largest absolute Gasteiger partial charge is 0.466 e. The molecule has 1 atom stereocenters. The van der Waals surface area contributed by atoms with Gasteiger partial charge < -0.3 is 9.47 Å². The fourth-order valence-corrected chi connectivity index (χ4v) is 2.02. The molecule has 0 rings (SSSR count). The SMILES string of the molecule is CCOC(=O)CCCC(=O)OCC(C)CC(C)(C)C. The van der Waals surface area contributed by atoms with Crippen LogP contribution >= 0.6 is 0 Å². The number of rotatable bonds is 8. The summed E-state index contributed by atoms with van der Waals surface area (Å²) < 4.78 is 9.99. The molecule has 4 heteroatoms. The Morgan fingerprint density at radius 2 is 1.58 bits per heavy atom. The summed E-state index contributed by atoms with van der Waals surface area (Å²) in [6.07, 6.45) is 2.07. The number of carbonyl (C=O) groups excluding carboxylic acids is 2. The molecular formula is C15H28O4. The molecule has 0 heterocycles. The molecule has 0 saturated heterocycles. The van der Waals surface area contributed by atoms with Crippen molar-refractivity contribution in [2.45, 2.75) is 60.3 Å². The number of carbonyl (C=O) groups is 2. The third-order valence-corrected chi connectivity index (χ3v) is 2.56. The summed E-state index contributed by atoms with van der Waals surface area (Å²) in [6, 6.07) is 0. The van der Waals surface area contributed by atoms with Crippen LogP contribution in [0.15, 0.2) is 0 Å². The van der Waals surface area contributed by atoms with Crippen LogP contribution in [0.3, 0.4) is 0 Å². The Hall–Kier alpha value is -1.06. The Labute approximate surface area is 116 Å². The third kappa shape index (κ3) is 11.7. The van der Waals surface area contributed by atoms with E-state index in [0.29, 0.717) is 25.6 Å². The Kier molecular flexibility index (Phi) is 8.44. The van der Waals surface area contributed by atoms with Crippen molar-refractivity contribution in [1.82, 2.24) is 0 Å². The maximum absolute atomic E-state index is 11.5. The molecule has 0 aromatic carbocycles. The molecule has 0 aliphatic carbocycles. The van der Waals surface area contributed by atoms with Crippen molar-refractivity contribution in [3.05, 3.63) is 0 Å². The first kappa shape index (κ1) is 17.9. The van der Waals surface area contributed by atoms with E-state index in [0.717, 1.165) is 6.42 Å². The van der Waals surface area contributed by atoms with Gasteiger partial charge in [-0.1, -0.05) is 27.7 Å². The number of hydrogen-bond donors (Lipinski definition) is 0. The van der Waals surface area contributed by atoms with Crippen LogP contribution in [0, 0.1) is 11.3 Å². The average molecular weight is 272 g/mol. The molecule has 0 saturated carbocycles. The maximum atomic E-state index is 11.5. The molecule has 0 aliphatic rings. The van der Waals surface area contributed by atoms with Crippen LogP contribution in [-0.4, -0.2) is 25.2 Å². The first-order chi connectivity index (χ1) is 8.74. The Bertz CT molecular complexity index is 278. The van der Waals surface area contributed by atoms with Crippen LogP contribution in [0.4, 0.5) is 0 Å². The van der Waals surface area contributed by atoms with Gasteiger partial charge in [-0.2, -0.15) is 0 Å². The second kappa shape index (κ2) is 8.94. The molecule has 0 radical (unpaired) electrons. The topological polar surface area (TPSA) is 52.6 Å². The lowest BCUT2D eigenvalue weighted by molar-refractivity contribution is -0.146. The summed E-state index contributed by atoms with van der Waals surface area (Å²) in [5.41, 5.74) is 0.246. The molecule has 0 bridgehead atoms. The van der Waals surface area contributed by atoms with E-state index >= 15 is 0 Å². The highest BCUT2D eigenvalue weighted by molar-refractivity contribution is 5.72. The van der Waals surface area contributed by atoms with Crippen molar-refractivity contribution >= 4 is 11.9 Å². The molecule has 19 heavy (non-hydrogen) atoms. The second-order valence-electron chi connectivity index (χ2n) is 6.21. The van der Waals surface area contributed by atoms with E-state index in [1.54, 1.807) is 6.92 Å². The first-order valence-electron chi connectivity index (χ1n) is 7.06. The average Bonchev–Trinajstić information content (AvgIpc) is 2.24. The molecule has 112 valence electrons. The van der Waals surface area contributed by atoms with Crippen molar-refractivity contribution in [2.75, 3.05) is 13.2 Å². The Balaban J connectivity index is 3.67. The minimum atomic E-state index is -0.253. The highest BCUT2D eigenvalue weighted by Crippen LogP contribution is 2.24. The molecule has 0 aromatic heterocycles. The minimum Gasteiger partial charge on any atom is -0.466 e. The van der Waals surface area contributed by atoms with Gasteiger partial charge in [-0.25, -0.2) is 0 Å². The molecule has 0 N–H and O–H groups in total. The fraction of sp³-hybridized carbons (Fsp3) is 0.867. The van der Waals surface area contributed by atoms with Crippen molar-refractivity contribution in [2.24, 2.45) is 11.3 Å². The second-order valence-corrected chi connectivity index (χ2v) is 6.21. The van der Waals surface area contributed by atoms with Gasteiger partial charge in [0.2, 0.25) is 0 Å². The Morgan fingerprint density at radius 3 is 2.05 bits per heavy atom. The van der Waals surface area contributed by atoms with Gasteiger partial charge in [0.25, 0.3) is 0 Å². The maximum Gasteiger partial charge on any atom is 0.305 e. The quantitative estimate of drug-likeness (QED) is 0.636. The Morgan fingerprint density at radius 1 is 1.05 bits per heavy atom. The van der Waals surface area contributed by atoms with Gasteiger partial charge in [-0.3, -0.25) is 9.59 Å². The fourth-order valence-electron chi connectivity index (χ4n) is 2.02. The van der Waals surface area contributed by atoms with Gasteiger partial charge in [0, 0.05) is 12.8 Å². The van der Waals surface area contributed by atoms with Crippen LogP contribution in [0.5, 0.6) is 0 Å². The van der Waals surface area contributed by atoms with Crippen molar-refractivity contribution in [3.63, 3.8) is 0 Å². The van der Waals surface area contributed by atoms with E-state index in [4.69, 9.17) is 9.47 Å². The van der Waals surface area contributed by atoms with Gasteiger partial charge in [-0.15, -0.1) is 0 Å². The van der Waals surface area contributed by atoms with Gasteiger partial charge in [0.05, 0.1) is 13.2 Å². The van der Waals surface area contributed by atoms with E-state index < -0.39 is 0 Å². The molecule has 0 amide bonds. The standard InChI is InChI=1S/C15H28O4/c1-6-18-13(16)8-7-9-14(17)19-11-12(2)10-15(3,4)5/h12H,6-11H2,1-5H3. The highest BCUT2D eigenvalue weighted by Gasteiger charge is 2.16. The van der Waals surface area contributed by atoms with Gasteiger partial charge in [0.1, 0.15) is 0 Å². The van der Waals surface area contributed by atoms with E-state index in [1.165, 1.54) is 0 Å². The predicted molar refractivity (Wildman–Crippen MR) is 74.7 cm³/mol. The number of hydrogen-bond acceptors (Lipinski definition) is 4. The summed E-state index contributed by atoms with van der Waals surface area (Å²) in [4.78, 5) is 22.6. The first-order valence-corrected chi connectivity index (χ1v) is 7.06.